The SMILES string of the molecule is Cc1[nH]c2ccccc2c(=O)c1CN1CCCC1. The molecule has 3 heteroatoms. The van der Waals surface area contributed by atoms with E-state index in [9.17, 15) is 4.79 Å². The third kappa shape index (κ3) is 1.95. The number of nitrogens with one attached hydrogen (secondary N) is 1. The summed E-state index contributed by atoms with van der Waals surface area (Å²) in [5, 5.41) is 0.803. The van der Waals surface area contributed by atoms with Crippen molar-refractivity contribution in [3.05, 3.63) is 45.7 Å². The van der Waals surface area contributed by atoms with E-state index in [-0.39, 0.29) is 5.43 Å². The fourth-order valence-electron chi connectivity index (χ4n) is 2.76. The zero-order chi connectivity index (χ0) is 12.5. The second-order valence-corrected chi connectivity index (χ2v) is 5.09. The molecule has 2 aromatic rings. The molecule has 2 heterocycles. The standard InChI is InChI=1S/C15H18N2O/c1-11-13(10-17-8-4-5-9-17)15(18)12-6-2-3-7-14(12)16-11/h2-3,6-7H,4-5,8-10H2,1H3,(H,16,18). The number of aryl methyl sites for hydroxylation is 1. The molecule has 0 bridgehead atoms. The number of hydrogen-bond acceptors (Lipinski definition) is 2. The highest BCUT2D eigenvalue weighted by Crippen LogP contribution is 2.15. The minimum Gasteiger partial charge on any atom is -0.358 e. The van der Waals surface area contributed by atoms with Crippen molar-refractivity contribution in [1.29, 1.82) is 0 Å². The van der Waals surface area contributed by atoms with Crippen LogP contribution in [0, 0.1) is 6.92 Å². The highest BCUT2D eigenvalue weighted by molar-refractivity contribution is 5.79. The fraction of sp³-hybridized carbons (Fsp3) is 0.400. The number of nitrogens with zero attached hydrogens (tertiary/aromatic N) is 1. The maximum atomic E-state index is 12.5. The van der Waals surface area contributed by atoms with Gasteiger partial charge in [0.1, 0.15) is 0 Å². The molecular formula is C15H18N2O. The predicted molar refractivity (Wildman–Crippen MR) is 73.8 cm³/mol. The lowest BCUT2D eigenvalue weighted by Crippen LogP contribution is -2.24. The predicted octanol–water partition coefficient (Wildman–Crippen LogP) is 2.43. The Morgan fingerprint density at radius 2 is 1.94 bits per heavy atom. The number of rotatable bonds is 2. The van der Waals surface area contributed by atoms with Gasteiger partial charge in [0.2, 0.25) is 0 Å². The Morgan fingerprint density at radius 3 is 2.72 bits per heavy atom. The van der Waals surface area contributed by atoms with Gasteiger partial charge in [-0.3, -0.25) is 9.69 Å². The highest BCUT2D eigenvalue weighted by Gasteiger charge is 2.16. The van der Waals surface area contributed by atoms with E-state index in [1.54, 1.807) is 0 Å². The first-order valence-electron chi connectivity index (χ1n) is 6.58. The van der Waals surface area contributed by atoms with Crippen LogP contribution in [0.2, 0.25) is 0 Å². The van der Waals surface area contributed by atoms with Crippen LogP contribution in [0.25, 0.3) is 10.9 Å². The van der Waals surface area contributed by atoms with Gasteiger partial charge >= 0.3 is 0 Å². The maximum absolute atomic E-state index is 12.5. The molecule has 1 saturated heterocycles. The molecule has 0 aliphatic carbocycles. The molecule has 0 saturated carbocycles. The van der Waals surface area contributed by atoms with E-state index in [0.29, 0.717) is 0 Å². The molecule has 0 spiro atoms. The summed E-state index contributed by atoms with van der Waals surface area (Å²) in [7, 11) is 0. The number of fused-ring (bicyclic) bond motifs is 1. The van der Waals surface area contributed by atoms with Crippen LogP contribution in [0.4, 0.5) is 0 Å². The van der Waals surface area contributed by atoms with Crippen LogP contribution in [-0.2, 0) is 6.54 Å². The van der Waals surface area contributed by atoms with Gasteiger partial charge in [0.05, 0.1) is 0 Å². The molecule has 0 atom stereocenters. The molecule has 3 nitrogen and oxygen atoms in total. The van der Waals surface area contributed by atoms with Gasteiger partial charge in [-0.1, -0.05) is 12.1 Å². The number of likely N-dealkylation sites (tertiary alicyclic amines) is 1. The molecule has 1 fully saturated rings. The van der Waals surface area contributed by atoms with Crippen LogP contribution in [-0.4, -0.2) is 23.0 Å². The summed E-state index contributed by atoms with van der Waals surface area (Å²) in [5.41, 5.74) is 3.06. The summed E-state index contributed by atoms with van der Waals surface area (Å²) in [6, 6.07) is 7.74. The van der Waals surface area contributed by atoms with Crippen LogP contribution >= 0.6 is 0 Å². The van der Waals surface area contributed by atoms with E-state index in [1.165, 1.54) is 12.8 Å². The largest absolute Gasteiger partial charge is 0.358 e. The van der Waals surface area contributed by atoms with Gasteiger partial charge in [-0.2, -0.15) is 0 Å². The fourth-order valence-corrected chi connectivity index (χ4v) is 2.76. The molecule has 18 heavy (non-hydrogen) atoms. The van der Waals surface area contributed by atoms with Crippen molar-refractivity contribution in [3.63, 3.8) is 0 Å². The van der Waals surface area contributed by atoms with Crippen molar-refractivity contribution in [2.45, 2.75) is 26.3 Å². The average Bonchev–Trinajstić information content (AvgIpc) is 2.87. The van der Waals surface area contributed by atoms with Gasteiger partial charge in [0.15, 0.2) is 5.43 Å². The van der Waals surface area contributed by atoms with Crippen molar-refractivity contribution in [1.82, 2.24) is 9.88 Å². The average molecular weight is 242 g/mol. The molecule has 0 radical (unpaired) electrons. The normalized spacial score (nSPS) is 16.5. The minimum absolute atomic E-state index is 0.189. The van der Waals surface area contributed by atoms with E-state index in [4.69, 9.17) is 0 Å². The summed E-state index contributed by atoms with van der Waals surface area (Å²) >= 11 is 0. The Balaban J connectivity index is 2.07. The van der Waals surface area contributed by atoms with Crippen LogP contribution < -0.4 is 5.43 Å². The van der Waals surface area contributed by atoms with Crippen LogP contribution in [0.1, 0.15) is 24.1 Å². The molecule has 1 aromatic carbocycles. The maximum Gasteiger partial charge on any atom is 0.194 e. The quantitative estimate of drug-likeness (QED) is 0.878. The van der Waals surface area contributed by atoms with Gasteiger partial charge in [0.25, 0.3) is 0 Å². The monoisotopic (exact) mass is 242 g/mol. The van der Waals surface area contributed by atoms with Crippen molar-refractivity contribution >= 4 is 10.9 Å². The number of pyridine rings is 1. The second kappa shape index (κ2) is 4.58. The first-order valence-corrected chi connectivity index (χ1v) is 6.58. The van der Waals surface area contributed by atoms with Crippen molar-refractivity contribution in [2.24, 2.45) is 0 Å². The van der Waals surface area contributed by atoms with E-state index >= 15 is 0 Å². The lowest BCUT2D eigenvalue weighted by Gasteiger charge is -2.16. The molecule has 1 N–H and O–H groups in total. The Kier molecular flexibility index (Phi) is 2.92. The molecule has 1 aliphatic heterocycles. The Morgan fingerprint density at radius 1 is 1.22 bits per heavy atom. The van der Waals surface area contributed by atoms with Crippen molar-refractivity contribution in [3.8, 4) is 0 Å². The third-order valence-electron chi connectivity index (χ3n) is 3.80. The number of hydrogen-bond donors (Lipinski definition) is 1. The lowest BCUT2D eigenvalue weighted by molar-refractivity contribution is 0.329. The minimum atomic E-state index is 0.189. The van der Waals surface area contributed by atoms with Crippen molar-refractivity contribution < 1.29 is 0 Å². The summed E-state index contributed by atoms with van der Waals surface area (Å²) < 4.78 is 0. The van der Waals surface area contributed by atoms with Crippen LogP contribution in [0.3, 0.4) is 0 Å². The first kappa shape index (κ1) is 11.5. The number of benzene rings is 1. The summed E-state index contributed by atoms with van der Waals surface area (Å²) in [6.45, 7) is 5.02. The Hall–Kier alpha value is -1.61. The van der Waals surface area contributed by atoms with E-state index in [1.807, 2.05) is 31.2 Å². The smallest absolute Gasteiger partial charge is 0.194 e. The third-order valence-corrected chi connectivity index (χ3v) is 3.80. The van der Waals surface area contributed by atoms with Gasteiger partial charge in [0, 0.05) is 28.7 Å². The molecule has 94 valence electrons. The summed E-state index contributed by atoms with van der Waals surface area (Å²) in [4.78, 5) is 18.2. The highest BCUT2D eigenvalue weighted by atomic mass is 16.1. The van der Waals surface area contributed by atoms with Crippen LogP contribution in [0.15, 0.2) is 29.1 Å². The number of aromatic nitrogens is 1. The van der Waals surface area contributed by atoms with E-state index in [0.717, 1.165) is 41.8 Å². The molecular weight excluding hydrogens is 224 g/mol. The summed E-state index contributed by atoms with van der Waals surface area (Å²) in [5.74, 6) is 0. The molecule has 0 unspecified atom stereocenters. The Bertz CT molecular complexity index is 624. The number of para-hydroxylation sites is 1. The van der Waals surface area contributed by atoms with Gasteiger partial charge < -0.3 is 4.98 Å². The van der Waals surface area contributed by atoms with E-state index < -0.39 is 0 Å². The number of aromatic amines is 1. The molecule has 1 aliphatic rings. The van der Waals surface area contributed by atoms with Gasteiger partial charge in [-0.15, -0.1) is 0 Å². The topological polar surface area (TPSA) is 36.1 Å². The first-order chi connectivity index (χ1) is 8.75. The van der Waals surface area contributed by atoms with E-state index in [2.05, 4.69) is 9.88 Å². The van der Waals surface area contributed by atoms with Gasteiger partial charge in [-0.25, -0.2) is 0 Å². The van der Waals surface area contributed by atoms with Crippen LogP contribution in [0.5, 0.6) is 0 Å². The molecule has 0 amide bonds. The summed E-state index contributed by atoms with van der Waals surface area (Å²) in [6.07, 6.45) is 2.51. The zero-order valence-electron chi connectivity index (χ0n) is 10.7. The Labute approximate surface area is 106 Å². The molecule has 1 aromatic heterocycles. The molecule has 3 rings (SSSR count). The van der Waals surface area contributed by atoms with Crippen molar-refractivity contribution in [2.75, 3.05) is 13.1 Å². The zero-order valence-corrected chi connectivity index (χ0v) is 10.7. The number of H-pyrrole nitrogens is 1. The second-order valence-electron chi connectivity index (χ2n) is 5.09. The lowest BCUT2D eigenvalue weighted by atomic mass is 10.1. The van der Waals surface area contributed by atoms with Gasteiger partial charge in [-0.05, 0) is 45.0 Å².